The first-order valence-corrected chi connectivity index (χ1v) is 8.28. The van der Waals surface area contributed by atoms with Gasteiger partial charge in [0, 0.05) is 20.5 Å². The van der Waals surface area contributed by atoms with Gasteiger partial charge < -0.3 is 5.32 Å². The highest BCUT2D eigenvalue weighted by atomic mass is 32.1. The molecule has 0 aliphatic carbocycles. The summed E-state index contributed by atoms with van der Waals surface area (Å²) < 4.78 is 16.0. The average molecular weight is 306 g/mol. The lowest BCUT2D eigenvalue weighted by Crippen LogP contribution is -2.22. The Morgan fingerprint density at radius 1 is 1.30 bits per heavy atom. The molecular formula is C15H15FN2S2. The highest BCUT2D eigenvalue weighted by molar-refractivity contribution is 7.27. The van der Waals surface area contributed by atoms with Crippen molar-refractivity contribution in [2.24, 2.45) is 0 Å². The highest BCUT2D eigenvalue weighted by Gasteiger charge is 2.17. The van der Waals surface area contributed by atoms with Gasteiger partial charge in [0.15, 0.2) is 0 Å². The van der Waals surface area contributed by atoms with Gasteiger partial charge in [0.05, 0.1) is 12.2 Å². The molecule has 0 saturated heterocycles. The summed E-state index contributed by atoms with van der Waals surface area (Å²) in [5.41, 5.74) is 0.882. The van der Waals surface area contributed by atoms with Crippen molar-refractivity contribution in [3.05, 3.63) is 52.2 Å². The van der Waals surface area contributed by atoms with Crippen LogP contribution in [-0.4, -0.2) is 11.5 Å². The molecule has 104 valence electrons. The van der Waals surface area contributed by atoms with Crippen LogP contribution in [0, 0.1) is 5.82 Å². The van der Waals surface area contributed by atoms with Crippen molar-refractivity contribution in [3.63, 3.8) is 0 Å². The first-order chi connectivity index (χ1) is 9.78. The summed E-state index contributed by atoms with van der Waals surface area (Å²) in [6, 6.07) is 5.91. The number of aromatic nitrogens is 1. The zero-order valence-electron chi connectivity index (χ0n) is 11.1. The van der Waals surface area contributed by atoms with Crippen LogP contribution in [0.5, 0.6) is 0 Å². The lowest BCUT2D eigenvalue weighted by atomic mass is 10.1. The van der Waals surface area contributed by atoms with Crippen LogP contribution in [0.25, 0.3) is 9.40 Å². The van der Waals surface area contributed by atoms with Crippen LogP contribution >= 0.6 is 22.7 Å². The summed E-state index contributed by atoms with van der Waals surface area (Å²) in [4.78, 5) is 5.19. The Bertz CT molecular complexity index is 676. The molecule has 3 rings (SSSR count). The molecule has 0 fully saturated rings. The van der Waals surface area contributed by atoms with Crippen molar-refractivity contribution in [2.75, 3.05) is 6.54 Å². The number of nitrogens with zero attached hydrogens (tertiary/aromatic N) is 1. The Hall–Kier alpha value is -1.30. The minimum atomic E-state index is -0.288. The highest BCUT2D eigenvalue weighted by Crippen LogP contribution is 2.35. The van der Waals surface area contributed by atoms with Crippen molar-refractivity contribution in [2.45, 2.75) is 19.4 Å². The largest absolute Gasteiger partial charge is 0.306 e. The van der Waals surface area contributed by atoms with Gasteiger partial charge in [-0.05, 0) is 42.1 Å². The second kappa shape index (κ2) is 5.99. The van der Waals surface area contributed by atoms with Crippen LogP contribution < -0.4 is 5.32 Å². The first-order valence-electron chi connectivity index (χ1n) is 6.58. The third-order valence-electron chi connectivity index (χ3n) is 3.10. The maximum Gasteiger partial charge on any atom is 0.141 e. The molecule has 3 aromatic heterocycles. The van der Waals surface area contributed by atoms with E-state index in [1.165, 1.54) is 20.5 Å². The Balaban J connectivity index is 1.98. The minimum absolute atomic E-state index is 0.0164. The molecule has 0 spiro atoms. The molecule has 1 unspecified atom stereocenters. The van der Waals surface area contributed by atoms with Crippen LogP contribution in [-0.2, 0) is 0 Å². The molecule has 20 heavy (non-hydrogen) atoms. The van der Waals surface area contributed by atoms with Crippen molar-refractivity contribution in [1.29, 1.82) is 0 Å². The van der Waals surface area contributed by atoms with Crippen molar-refractivity contribution >= 4 is 32.1 Å². The van der Waals surface area contributed by atoms with Gasteiger partial charge in [-0.25, -0.2) is 4.39 Å². The second-order valence-electron chi connectivity index (χ2n) is 4.62. The van der Waals surface area contributed by atoms with Crippen molar-refractivity contribution in [3.8, 4) is 0 Å². The van der Waals surface area contributed by atoms with Crippen LogP contribution in [0.3, 0.4) is 0 Å². The van der Waals surface area contributed by atoms with Gasteiger partial charge in [-0.3, -0.25) is 4.98 Å². The fraction of sp³-hybridized carbons (Fsp3) is 0.267. The molecule has 0 radical (unpaired) electrons. The molecule has 0 aliphatic heterocycles. The molecule has 0 aromatic carbocycles. The van der Waals surface area contributed by atoms with E-state index in [0.717, 1.165) is 18.5 Å². The molecule has 1 N–H and O–H groups in total. The standard InChI is InChI=1S/C15H15FN2S2/c1-2-4-18-15(10-6-11(16)9-17-8-10)14-7-13-12(20-14)3-5-19-13/h3,5-9,15,18H,2,4H2,1H3. The van der Waals surface area contributed by atoms with Gasteiger partial charge in [-0.1, -0.05) is 6.92 Å². The lowest BCUT2D eigenvalue weighted by molar-refractivity contribution is 0.585. The summed E-state index contributed by atoms with van der Waals surface area (Å²) in [5, 5.41) is 5.59. The number of nitrogens with one attached hydrogen (secondary N) is 1. The van der Waals surface area contributed by atoms with Crippen LogP contribution in [0.1, 0.15) is 29.8 Å². The van der Waals surface area contributed by atoms with Gasteiger partial charge in [-0.15, -0.1) is 22.7 Å². The maximum atomic E-state index is 13.4. The molecule has 3 aromatic rings. The quantitative estimate of drug-likeness (QED) is 0.746. The number of hydrogen-bond acceptors (Lipinski definition) is 4. The van der Waals surface area contributed by atoms with E-state index < -0.39 is 0 Å². The molecule has 0 bridgehead atoms. The van der Waals surface area contributed by atoms with E-state index >= 15 is 0 Å². The average Bonchev–Trinajstić information content (AvgIpc) is 3.00. The van der Waals surface area contributed by atoms with Gasteiger partial charge in [0.1, 0.15) is 5.82 Å². The smallest absolute Gasteiger partial charge is 0.141 e. The molecule has 2 nitrogen and oxygen atoms in total. The number of fused-ring (bicyclic) bond motifs is 1. The molecule has 0 amide bonds. The molecule has 5 heteroatoms. The van der Waals surface area contributed by atoms with Crippen LogP contribution in [0.15, 0.2) is 36.0 Å². The lowest BCUT2D eigenvalue weighted by Gasteiger charge is -2.17. The van der Waals surface area contributed by atoms with Crippen LogP contribution in [0.2, 0.25) is 0 Å². The molecule has 0 aliphatic rings. The summed E-state index contributed by atoms with van der Waals surface area (Å²) in [5.74, 6) is -0.288. The third-order valence-corrected chi connectivity index (χ3v) is 5.26. The second-order valence-corrected chi connectivity index (χ2v) is 6.68. The van der Waals surface area contributed by atoms with E-state index in [0.29, 0.717) is 0 Å². The van der Waals surface area contributed by atoms with Gasteiger partial charge in [0.2, 0.25) is 0 Å². The van der Waals surface area contributed by atoms with Crippen molar-refractivity contribution < 1.29 is 4.39 Å². The van der Waals surface area contributed by atoms with Crippen molar-refractivity contribution in [1.82, 2.24) is 10.3 Å². The fourth-order valence-corrected chi connectivity index (χ4v) is 4.41. The predicted molar refractivity (Wildman–Crippen MR) is 84.0 cm³/mol. The van der Waals surface area contributed by atoms with Gasteiger partial charge >= 0.3 is 0 Å². The first kappa shape index (κ1) is 13.7. The van der Waals surface area contributed by atoms with E-state index in [9.17, 15) is 4.39 Å². The predicted octanol–water partition coefficient (Wildman–Crippen LogP) is 4.59. The minimum Gasteiger partial charge on any atom is -0.306 e. The van der Waals surface area contributed by atoms with E-state index in [4.69, 9.17) is 0 Å². The number of rotatable bonds is 5. The van der Waals surface area contributed by atoms with Gasteiger partial charge in [0.25, 0.3) is 0 Å². The number of thiophene rings is 2. The Kier molecular flexibility index (Phi) is 4.10. The van der Waals surface area contributed by atoms with E-state index in [1.807, 2.05) is 0 Å². The normalized spacial score (nSPS) is 12.9. The summed E-state index contributed by atoms with van der Waals surface area (Å²) in [6.45, 7) is 3.02. The third kappa shape index (κ3) is 2.75. The van der Waals surface area contributed by atoms with E-state index in [2.05, 4.69) is 34.7 Å². The van der Waals surface area contributed by atoms with E-state index in [-0.39, 0.29) is 11.9 Å². The Labute approximate surface area is 125 Å². The number of halogens is 1. The summed E-state index contributed by atoms with van der Waals surface area (Å²) in [6.07, 6.45) is 4.02. The molecule has 0 saturated carbocycles. The SMILES string of the molecule is CCCNC(c1cncc(F)c1)c1cc2sccc2s1. The monoisotopic (exact) mass is 306 g/mol. The number of hydrogen-bond donors (Lipinski definition) is 1. The Morgan fingerprint density at radius 3 is 2.95 bits per heavy atom. The topological polar surface area (TPSA) is 24.9 Å². The summed E-state index contributed by atoms with van der Waals surface area (Å²) >= 11 is 3.50. The Morgan fingerprint density at radius 2 is 2.20 bits per heavy atom. The fourth-order valence-electron chi connectivity index (χ4n) is 2.18. The van der Waals surface area contributed by atoms with Crippen LogP contribution in [0.4, 0.5) is 4.39 Å². The van der Waals surface area contributed by atoms with Gasteiger partial charge in [-0.2, -0.15) is 0 Å². The maximum absolute atomic E-state index is 13.4. The van der Waals surface area contributed by atoms with E-state index in [1.54, 1.807) is 34.9 Å². The zero-order valence-corrected chi connectivity index (χ0v) is 12.7. The molecular weight excluding hydrogens is 291 g/mol. The molecule has 1 atom stereocenters. The number of pyridine rings is 1. The zero-order chi connectivity index (χ0) is 13.9. The molecule has 3 heterocycles. The summed E-state index contributed by atoms with van der Waals surface area (Å²) in [7, 11) is 0.